The zero-order valence-electron chi connectivity index (χ0n) is 8.12. The van der Waals surface area contributed by atoms with Crippen LogP contribution < -0.4 is 0 Å². The molecule has 0 radical (unpaired) electrons. The van der Waals surface area contributed by atoms with E-state index in [4.69, 9.17) is 0 Å². The molecule has 0 N–H and O–H groups in total. The highest BCUT2D eigenvalue weighted by Gasteiger charge is 2.06. The molecule has 0 saturated carbocycles. The van der Waals surface area contributed by atoms with Gasteiger partial charge in [0, 0.05) is 23.9 Å². The molecule has 0 aliphatic carbocycles. The average Bonchev–Trinajstić information content (AvgIpc) is 2.56. The van der Waals surface area contributed by atoms with Gasteiger partial charge in [-0.25, -0.2) is 4.98 Å². The number of nitrogens with zero attached hydrogens (tertiary/aromatic N) is 1. The van der Waals surface area contributed by atoms with Crippen molar-refractivity contribution in [3.63, 3.8) is 0 Å². The fraction of sp³-hybridized carbons (Fsp3) is 0.600. The summed E-state index contributed by atoms with van der Waals surface area (Å²) < 4.78 is 0. The van der Waals surface area contributed by atoms with Crippen LogP contribution in [-0.2, 0) is 11.2 Å². The normalized spacial score (nSPS) is 10.7. The van der Waals surface area contributed by atoms with E-state index in [1.165, 1.54) is 0 Å². The standard InChI is InChI=1S/C10H15NOS/c1-8(2)9(12)4-3-5-10-11-6-7-13-10/h6-8H,3-5H2,1-2H3. The van der Waals surface area contributed by atoms with Crippen molar-refractivity contribution in [3.8, 4) is 0 Å². The van der Waals surface area contributed by atoms with Crippen molar-refractivity contribution in [2.24, 2.45) is 5.92 Å². The Hall–Kier alpha value is -0.700. The molecule has 0 fully saturated rings. The van der Waals surface area contributed by atoms with E-state index in [1.807, 2.05) is 25.4 Å². The summed E-state index contributed by atoms with van der Waals surface area (Å²) in [6.45, 7) is 3.90. The van der Waals surface area contributed by atoms with Crippen LogP contribution in [0.2, 0.25) is 0 Å². The van der Waals surface area contributed by atoms with Crippen LogP contribution in [0.3, 0.4) is 0 Å². The summed E-state index contributed by atoms with van der Waals surface area (Å²) in [6.07, 6.45) is 4.38. The van der Waals surface area contributed by atoms with Crippen LogP contribution in [0.5, 0.6) is 0 Å². The van der Waals surface area contributed by atoms with Crippen molar-refractivity contribution in [3.05, 3.63) is 16.6 Å². The van der Waals surface area contributed by atoms with Crippen molar-refractivity contribution in [2.45, 2.75) is 33.1 Å². The number of Topliss-reactive ketones (excluding diaryl/α,β-unsaturated/α-hetero) is 1. The molecule has 1 heterocycles. The number of aryl methyl sites for hydroxylation is 1. The van der Waals surface area contributed by atoms with Crippen LogP contribution in [0.1, 0.15) is 31.7 Å². The van der Waals surface area contributed by atoms with Gasteiger partial charge in [-0.15, -0.1) is 11.3 Å². The van der Waals surface area contributed by atoms with Crippen molar-refractivity contribution in [1.82, 2.24) is 4.98 Å². The number of carbonyl (C=O) groups excluding carboxylic acids is 1. The van der Waals surface area contributed by atoms with Crippen LogP contribution in [-0.4, -0.2) is 10.8 Å². The van der Waals surface area contributed by atoms with E-state index in [0.29, 0.717) is 12.2 Å². The zero-order chi connectivity index (χ0) is 9.68. The molecule has 0 aliphatic heterocycles. The van der Waals surface area contributed by atoms with Crippen LogP contribution in [0.4, 0.5) is 0 Å². The molecule has 1 aromatic heterocycles. The highest BCUT2D eigenvalue weighted by Crippen LogP contribution is 2.10. The second-order valence-electron chi connectivity index (χ2n) is 3.40. The topological polar surface area (TPSA) is 30.0 Å². The summed E-state index contributed by atoms with van der Waals surface area (Å²) in [4.78, 5) is 15.4. The molecule has 0 atom stereocenters. The van der Waals surface area contributed by atoms with Crippen LogP contribution >= 0.6 is 11.3 Å². The SMILES string of the molecule is CC(C)C(=O)CCCc1nccs1. The molecule has 2 nitrogen and oxygen atoms in total. The monoisotopic (exact) mass is 197 g/mol. The summed E-state index contributed by atoms with van der Waals surface area (Å²) in [5.41, 5.74) is 0. The Kier molecular flexibility index (Phi) is 4.09. The summed E-state index contributed by atoms with van der Waals surface area (Å²) >= 11 is 1.66. The fourth-order valence-corrected chi connectivity index (χ4v) is 1.74. The lowest BCUT2D eigenvalue weighted by atomic mass is 10.0. The lowest BCUT2D eigenvalue weighted by molar-refractivity contribution is -0.121. The van der Waals surface area contributed by atoms with E-state index in [9.17, 15) is 4.79 Å². The van der Waals surface area contributed by atoms with Crippen molar-refractivity contribution in [2.75, 3.05) is 0 Å². The first-order chi connectivity index (χ1) is 6.20. The molecule has 13 heavy (non-hydrogen) atoms. The van der Waals surface area contributed by atoms with Gasteiger partial charge in [-0.05, 0) is 12.8 Å². The molecule has 0 aromatic carbocycles. The van der Waals surface area contributed by atoms with Gasteiger partial charge in [-0.1, -0.05) is 13.8 Å². The Balaban J connectivity index is 2.18. The second-order valence-corrected chi connectivity index (χ2v) is 4.38. The number of aromatic nitrogens is 1. The number of carbonyl (C=O) groups is 1. The highest BCUT2D eigenvalue weighted by atomic mass is 32.1. The summed E-state index contributed by atoms with van der Waals surface area (Å²) in [5, 5.41) is 3.11. The number of rotatable bonds is 5. The van der Waals surface area contributed by atoms with Gasteiger partial charge in [0.05, 0.1) is 5.01 Å². The van der Waals surface area contributed by atoms with Gasteiger partial charge in [-0.2, -0.15) is 0 Å². The molecule has 3 heteroatoms. The molecule has 1 aromatic rings. The quantitative estimate of drug-likeness (QED) is 0.726. The van der Waals surface area contributed by atoms with Gasteiger partial charge in [0.2, 0.25) is 0 Å². The molecular weight excluding hydrogens is 182 g/mol. The predicted molar refractivity (Wildman–Crippen MR) is 54.9 cm³/mol. The lowest BCUT2D eigenvalue weighted by Gasteiger charge is -2.01. The van der Waals surface area contributed by atoms with Crippen LogP contribution in [0.15, 0.2) is 11.6 Å². The first kappa shape index (κ1) is 10.4. The lowest BCUT2D eigenvalue weighted by Crippen LogP contribution is -2.06. The van der Waals surface area contributed by atoms with Gasteiger partial charge in [0.25, 0.3) is 0 Å². The van der Waals surface area contributed by atoms with Crippen molar-refractivity contribution < 1.29 is 4.79 Å². The second kappa shape index (κ2) is 5.12. The molecule has 0 aliphatic rings. The first-order valence-corrected chi connectivity index (χ1v) is 5.49. The molecule has 0 amide bonds. The van der Waals surface area contributed by atoms with Crippen molar-refractivity contribution >= 4 is 17.1 Å². The van der Waals surface area contributed by atoms with Crippen LogP contribution in [0.25, 0.3) is 0 Å². The van der Waals surface area contributed by atoms with E-state index in [1.54, 1.807) is 11.3 Å². The summed E-state index contributed by atoms with van der Waals surface area (Å²) in [5.74, 6) is 0.535. The first-order valence-electron chi connectivity index (χ1n) is 4.61. The van der Waals surface area contributed by atoms with E-state index in [2.05, 4.69) is 4.98 Å². The van der Waals surface area contributed by atoms with Gasteiger partial charge < -0.3 is 0 Å². The third-order valence-electron chi connectivity index (χ3n) is 1.94. The number of thiazole rings is 1. The minimum Gasteiger partial charge on any atom is -0.299 e. The number of hydrogen-bond donors (Lipinski definition) is 0. The van der Waals surface area contributed by atoms with Gasteiger partial charge in [-0.3, -0.25) is 4.79 Å². The predicted octanol–water partition coefficient (Wildman–Crippen LogP) is 2.69. The van der Waals surface area contributed by atoms with Crippen molar-refractivity contribution in [1.29, 1.82) is 0 Å². The molecule has 1 rings (SSSR count). The largest absolute Gasteiger partial charge is 0.299 e. The van der Waals surface area contributed by atoms with Gasteiger partial charge in [0.1, 0.15) is 5.78 Å². The van der Waals surface area contributed by atoms with Gasteiger partial charge >= 0.3 is 0 Å². The van der Waals surface area contributed by atoms with E-state index < -0.39 is 0 Å². The number of hydrogen-bond acceptors (Lipinski definition) is 3. The minimum atomic E-state index is 0.177. The van der Waals surface area contributed by atoms with Crippen LogP contribution in [0, 0.1) is 5.92 Å². The average molecular weight is 197 g/mol. The molecule has 0 saturated heterocycles. The molecule has 0 unspecified atom stereocenters. The Morgan fingerprint density at radius 1 is 1.62 bits per heavy atom. The summed E-state index contributed by atoms with van der Waals surface area (Å²) in [7, 11) is 0. The molecular formula is C10H15NOS. The smallest absolute Gasteiger partial charge is 0.135 e. The summed E-state index contributed by atoms with van der Waals surface area (Å²) in [6, 6.07) is 0. The highest BCUT2D eigenvalue weighted by molar-refractivity contribution is 7.09. The van der Waals surface area contributed by atoms with E-state index in [0.717, 1.165) is 17.8 Å². The Labute approximate surface area is 83.0 Å². The zero-order valence-corrected chi connectivity index (χ0v) is 8.93. The molecule has 0 bridgehead atoms. The maximum atomic E-state index is 11.3. The van der Waals surface area contributed by atoms with Gasteiger partial charge in [0.15, 0.2) is 0 Å². The maximum Gasteiger partial charge on any atom is 0.135 e. The van der Waals surface area contributed by atoms with E-state index >= 15 is 0 Å². The Morgan fingerprint density at radius 3 is 2.92 bits per heavy atom. The Bertz CT molecular complexity index is 254. The third kappa shape index (κ3) is 3.68. The number of ketones is 1. The molecule has 72 valence electrons. The third-order valence-corrected chi connectivity index (χ3v) is 2.78. The van der Waals surface area contributed by atoms with E-state index in [-0.39, 0.29) is 5.92 Å². The molecule has 0 spiro atoms. The Morgan fingerprint density at radius 2 is 2.38 bits per heavy atom. The maximum absolute atomic E-state index is 11.3. The fourth-order valence-electron chi connectivity index (χ4n) is 1.08. The minimum absolute atomic E-state index is 0.177.